The van der Waals surface area contributed by atoms with Crippen LogP contribution in [0.4, 0.5) is 5.69 Å². The molecule has 0 saturated heterocycles. The molecule has 1 rings (SSSR count). The summed E-state index contributed by atoms with van der Waals surface area (Å²) in [5.74, 6) is 0.534. The first-order valence-corrected chi connectivity index (χ1v) is 7.09. The Morgan fingerprint density at radius 1 is 1.11 bits per heavy atom. The quantitative estimate of drug-likeness (QED) is 0.795. The highest BCUT2D eigenvalue weighted by Gasteiger charge is 2.10. The van der Waals surface area contributed by atoms with Gasteiger partial charge in [-0.2, -0.15) is 0 Å². The highest BCUT2D eigenvalue weighted by Crippen LogP contribution is 2.17. The van der Waals surface area contributed by atoms with Gasteiger partial charge in [-0.05, 0) is 37.0 Å². The summed E-state index contributed by atoms with van der Waals surface area (Å²) in [7, 11) is 4.08. The molecular weight excluding hydrogens is 236 g/mol. The largest absolute Gasteiger partial charge is 0.392 e. The first-order valence-electron chi connectivity index (χ1n) is 7.09. The third-order valence-electron chi connectivity index (χ3n) is 3.31. The van der Waals surface area contributed by atoms with Crippen LogP contribution in [0, 0.1) is 5.92 Å². The van der Waals surface area contributed by atoms with Gasteiger partial charge in [-0.1, -0.05) is 26.0 Å². The van der Waals surface area contributed by atoms with Crippen LogP contribution in [0.1, 0.15) is 38.8 Å². The van der Waals surface area contributed by atoms with E-state index >= 15 is 0 Å². The number of hydrogen-bond donors (Lipinski definition) is 2. The predicted octanol–water partition coefficient (Wildman–Crippen LogP) is 2.81. The number of nitrogens with zero attached hydrogens (tertiary/aromatic N) is 1. The Bertz CT molecular complexity index is 360. The molecule has 0 bridgehead atoms. The summed E-state index contributed by atoms with van der Waals surface area (Å²) in [5, 5.41) is 13.3. The van der Waals surface area contributed by atoms with E-state index in [2.05, 4.69) is 55.3 Å². The average molecular weight is 264 g/mol. The molecule has 0 spiro atoms. The lowest BCUT2D eigenvalue weighted by molar-refractivity contribution is 0.143. The lowest BCUT2D eigenvalue weighted by Crippen LogP contribution is -2.30. The minimum Gasteiger partial charge on any atom is -0.392 e. The number of anilines is 1. The summed E-state index contributed by atoms with van der Waals surface area (Å²) in [6, 6.07) is 8.79. The van der Waals surface area contributed by atoms with Crippen LogP contribution in [-0.2, 0) is 0 Å². The molecule has 2 N–H and O–H groups in total. The van der Waals surface area contributed by atoms with Gasteiger partial charge in [-0.3, -0.25) is 0 Å². The zero-order valence-electron chi connectivity index (χ0n) is 12.9. The van der Waals surface area contributed by atoms with Gasteiger partial charge in [0.15, 0.2) is 0 Å². The van der Waals surface area contributed by atoms with Crippen LogP contribution in [0.15, 0.2) is 24.3 Å². The van der Waals surface area contributed by atoms with E-state index in [0.29, 0.717) is 12.5 Å². The van der Waals surface area contributed by atoms with Gasteiger partial charge in [0.1, 0.15) is 0 Å². The van der Waals surface area contributed by atoms with Gasteiger partial charge < -0.3 is 15.3 Å². The molecule has 0 heterocycles. The van der Waals surface area contributed by atoms with Crippen LogP contribution in [0.3, 0.4) is 0 Å². The van der Waals surface area contributed by atoms with Crippen molar-refractivity contribution >= 4 is 5.69 Å². The molecule has 0 fully saturated rings. The van der Waals surface area contributed by atoms with Crippen LogP contribution in [0.2, 0.25) is 0 Å². The van der Waals surface area contributed by atoms with Gasteiger partial charge in [0, 0.05) is 32.4 Å². The van der Waals surface area contributed by atoms with Crippen LogP contribution >= 0.6 is 0 Å². The first-order chi connectivity index (χ1) is 8.90. The van der Waals surface area contributed by atoms with Crippen molar-refractivity contribution < 1.29 is 5.11 Å². The molecule has 0 saturated carbocycles. The molecule has 108 valence electrons. The van der Waals surface area contributed by atoms with Gasteiger partial charge in [0.25, 0.3) is 0 Å². The standard InChI is InChI=1S/C16H28N2O/c1-12(2)10-16(19)11-17-13(3)14-6-8-15(9-7-14)18(4)5/h6-9,12-13,16-17,19H,10-11H2,1-5H3. The highest BCUT2D eigenvalue weighted by atomic mass is 16.3. The maximum Gasteiger partial charge on any atom is 0.0667 e. The third kappa shape index (κ3) is 5.62. The van der Waals surface area contributed by atoms with E-state index in [4.69, 9.17) is 0 Å². The summed E-state index contributed by atoms with van der Waals surface area (Å²) in [5.41, 5.74) is 2.46. The molecule has 0 aliphatic carbocycles. The molecule has 2 unspecified atom stereocenters. The van der Waals surface area contributed by atoms with E-state index in [1.165, 1.54) is 11.3 Å². The Labute approximate surface area is 117 Å². The molecule has 0 radical (unpaired) electrons. The lowest BCUT2D eigenvalue weighted by Gasteiger charge is -2.19. The molecular formula is C16H28N2O. The fourth-order valence-corrected chi connectivity index (χ4v) is 2.12. The number of hydrogen-bond acceptors (Lipinski definition) is 3. The maximum atomic E-state index is 9.86. The van der Waals surface area contributed by atoms with Crippen molar-refractivity contribution in [2.75, 3.05) is 25.5 Å². The molecule has 2 atom stereocenters. The molecule has 3 heteroatoms. The minimum absolute atomic E-state index is 0.261. The molecule has 19 heavy (non-hydrogen) atoms. The normalized spacial score (nSPS) is 14.5. The second-order valence-corrected chi connectivity index (χ2v) is 5.90. The predicted molar refractivity (Wildman–Crippen MR) is 82.6 cm³/mol. The number of benzene rings is 1. The number of aliphatic hydroxyl groups is 1. The van der Waals surface area contributed by atoms with Gasteiger partial charge in [0.2, 0.25) is 0 Å². The van der Waals surface area contributed by atoms with E-state index in [0.717, 1.165) is 6.42 Å². The van der Waals surface area contributed by atoms with Crippen molar-refractivity contribution in [2.24, 2.45) is 5.92 Å². The average Bonchev–Trinajstić information content (AvgIpc) is 2.35. The second kappa shape index (κ2) is 7.51. The third-order valence-corrected chi connectivity index (χ3v) is 3.31. The van der Waals surface area contributed by atoms with E-state index in [1.54, 1.807) is 0 Å². The van der Waals surface area contributed by atoms with Crippen molar-refractivity contribution in [2.45, 2.75) is 39.3 Å². The minimum atomic E-state index is -0.261. The summed E-state index contributed by atoms with van der Waals surface area (Å²) in [6.07, 6.45) is 0.586. The SMILES string of the molecule is CC(C)CC(O)CNC(C)c1ccc(N(C)C)cc1. The zero-order valence-corrected chi connectivity index (χ0v) is 12.9. The Hall–Kier alpha value is -1.06. The first kappa shape index (κ1) is 16.0. The fourth-order valence-electron chi connectivity index (χ4n) is 2.12. The van der Waals surface area contributed by atoms with Gasteiger partial charge in [0.05, 0.1) is 6.10 Å². The Morgan fingerprint density at radius 3 is 2.16 bits per heavy atom. The second-order valence-electron chi connectivity index (χ2n) is 5.90. The summed E-state index contributed by atoms with van der Waals surface area (Å²) >= 11 is 0. The Morgan fingerprint density at radius 2 is 1.68 bits per heavy atom. The van der Waals surface area contributed by atoms with Crippen molar-refractivity contribution in [3.63, 3.8) is 0 Å². The molecule has 1 aromatic rings. The monoisotopic (exact) mass is 264 g/mol. The molecule has 0 aliphatic heterocycles. The maximum absolute atomic E-state index is 9.86. The van der Waals surface area contributed by atoms with E-state index < -0.39 is 0 Å². The van der Waals surface area contributed by atoms with Crippen molar-refractivity contribution in [3.8, 4) is 0 Å². The van der Waals surface area contributed by atoms with E-state index in [-0.39, 0.29) is 12.1 Å². The fraction of sp³-hybridized carbons (Fsp3) is 0.625. The van der Waals surface area contributed by atoms with Crippen LogP contribution in [0.5, 0.6) is 0 Å². The molecule has 0 aliphatic rings. The summed E-state index contributed by atoms with van der Waals surface area (Å²) in [4.78, 5) is 2.09. The van der Waals surface area contributed by atoms with E-state index in [9.17, 15) is 5.11 Å². The van der Waals surface area contributed by atoms with Gasteiger partial charge in [-0.25, -0.2) is 0 Å². The molecule has 0 aromatic heterocycles. The van der Waals surface area contributed by atoms with Crippen LogP contribution in [0.25, 0.3) is 0 Å². The van der Waals surface area contributed by atoms with Crippen molar-refractivity contribution in [1.82, 2.24) is 5.32 Å². The van der Waals surface area contributed by atoms with Gasteiger partial charge in [-0.15, -0.1) is 0 Å². The molecule has 1 aromatic carbocycles. The zero-order chi connectivity index (χ0) is 14.4. The number of aliphatic hydroxyl groups excluding tert-OH is 1. The molecule has 3 nitrogen and oxygen atoms in total. The Balaban J connectivity index is 2.47. The Kier molecular flexibility index (Phi) is 6.32. The molecule has 0 amide bonds. The topological polar surface area (TPSA) is 35.5 Å². The van der Waals surface area contributed by atoms with Crippen molar-refractivity contribution in [1.29, 1.82) is 0 Å². The smallest absolute Gasteiger partial charge is 0.0667 e. The van der Waals surface area contributed by atoms with Crippen LogP contribution < -0.4 is 10.2 Å². The number of nitrogens with one attached hydrogen (secondary N) is 1. The summed E-state index contributed by atoms with van der Waals surface area (Å²) < 4.78 is 0. The number of rotatable bonds is 7. The van der Waals surface area contributed by atoms with Gasteiger partial charge >= 0.3 is 0 Å². The summed E-state index contributed by atoms with van der Waals surface area (Å²) in [6.45, 7) is 7.04. The van der Waals surface area contributed by atoms with Crippen LogP contribution in [-0.4, -0.2) is 31.9 Å². The lowest BCUT2D eigenvalue weighted by atomic mass is 10.0. The van der Waals surface area contributed by atoms with E-state index in [1.807, 2.05) is 14.1 Å². The van der Waals surface area contributed by atoms with Crippen molar-refractivity contribution in [3.05, 3.63) is 29.8 Å². The highest BCUT2D eigenvalue weighted by molar-refractivity contribution is 5.46.